The fraction of sp³-hybridized carbons (Fsp3) is 0.538. The van der Waals surface area contributed by atoms with Gasteiger partial charge in [-0.1, -0.05) is 30.3 Å². The van der Waals surface area contributed by atoms with Crippen LogP contribution in [0.4, 0.5) is 0 Å². The summed E-state index contributed by atoms with van der Waals surface area (Å²) in [6.45, 7) is -0.129. The second kappa shape index (κ2) is 6.42. The lowest BCUT2D eigenvalue weighted by Gasteiger charge is -2.40. The van der Waals surface area contributed by atoms with Crippen molar-refractivity contribution >= 4 is 0 Å². The fourth-order valence-electron chi connectivity index (χ4n) is 2.01. The monoisotopic (exact) mass is 269 g/mol. The molecule has 0 spiro atoms. The Bertz CT molecular complexity index is 386. The van der Waals surface area contributed by atoms with Crippen molar-refractivity contribution in [3.63, 3.8) is 0 Å². The van der Waals surface area contributed by atoms with E-state index in [1.54, 1.807) is 0 Å². The van der Waals surface area contributed by atoms with Crippen LogP contribution in [0.25, 0.3) is 0 Å². The Hall–Kier alpha value is -1.02. The Balaban J connectivity index is 1.95. The Morgan fingerprint density at radius 2 is 1.84 bits per heavy atom. The van der Waals surface area contributed by atoms with E-state index in [1.165, 1.54) is 0 Å². The minimum atomic E-state index is -1.14. The Kier molecular flexibility index (Phi) is 4.87. The molecule has 1 aliphatic heterocycles. The highest BCUT2D eigenvalue weighted by molar-refractivity contribution is 5.13. The van der Waals surface area contributed by atoms with E-state index in [-0.39, 0.29) is 13.2 Å². The predicted molar refractivity (Wildman–Crippen MR) is 67.0 cm³/mol. The van der Waals surface area contributed by atoms with Crippen molar-refractivity contribution in [3.8, 4) is 0 Å². The molecule has 2 rings (SSSR count). The van der Waals surface area contributed by atoms with Crippen LogP contribution in [0, 0.1) is 0 Å². The molecule has 0 radical (unpaired) electrons. The van der Waals surface area contributed by atoms with Crippen LogP contribution < -0.4 is 5.73 Å². The van der Waals surface area contributed by atoms with E-state index in [1.807, 2.05) is 30.3 Å². The third kappa shape index (κ3) is 3.30. The molecule has 0 aromatic heterocycles. The maximum Gasteiger partial charge on any atom is 0.186 e. The van der Waals surface area contributed by atoms with Gasteiger partial charge in [0.25, 0.3) is 0 Å². The third-order valence-electron chi connectivity index (χ3n) is 3.19. The molecule has 1 fully saturated rings. The first-order chi connectivity index (χ1) is 9.13. The summed E-state index contributed by atoms with van der Waals surface area (Å²) >= 11 is 0. The summed E-state index contributed by atoms with van der Waals surface area (Å²) in [6.07, 6.45) is -4.06. The van der Waals surface area contributed by atoms with Gasteiger partial charge in [-0.3, -0.25) is 0 Å². The molecule has 6 nitrogen and oxygen atoms in total. The number of aliphatic hydroxyl groups is 3. The van der Waals surface area contributed by atoms with E-state index in [9.17, 15) is 10.2 Å². The highest BCUT2D eigenvalue weighted by Crippen LogP contribution is 2.21. The van der Waals surface area contributed by atoms with Crippen molar-refractivity contribution in [1.82, 2.24) is 0 Å². The van der Waals surface area contributed by atoms with Gasteiger partial charge in [-0.15, -0.1) is 0 Å². The van der Waals surface area contributed by atoms with Gasteiger partial charge in [0, 0.05) is 0 Å². The summed E-state index contributed by atoms with van der Waals surface area (Å²) in [6, 6.07) is 8.50. The van der Waals surface area contributed by atoms with E-state index in [4.69, 9.17) is 20.3 Å². The number of aliphatic hydroxyl groups excluding tert-OH is 3. The lowest BCUT2D eigenvalue weighted by atomic mass is 9.97. The highest BCUT2D eigenvalue weighted by atomic mass is 16.7. The lowest BCUT2D eigenvalue weighted by Crippen LogP contribution is -2.62. The smallest absolute Gasteiger partial charge is 0.186 e. The molecule has 5 N–H and O–H groups in total. The van der Waals surface area contributed by atoms with Crippen molar-refractivity contribution in [1.29, 1.82) is 0 Å². The van der Waals surface area contributed by atoms with Crippen molar-refractivity contribution in [2.75, 3.05) is 6.61 Å². The van der Waals surface area contributed by atoms with E-state index >= 15 is 0 Å². The largest absolute Gasteiger partial charge is 0.394 e. The Morgan fingerprint density at radius 3 is 2.47 bits per heavy atom. The first-order valence-electron chi connectivity index (χ1n) is 6.17. The minimum absolute atomic E-state index is 0.254. The number of rotatable bonds is 4. The van der Waals surface area contributed by atoms with E-state index in [2.05, 4.69) is 0 Å². The average Bonchev–Trinajstić information content (AvgIpc) is 2.45. The van der Waals surface area contributed by atoms with Gasteiger partial charge in [-0.25, -0.2) is 0 Å². The molecule has 0 aliphatic carbocycles. The Morgan fingerprint density at radius 1 is 1.16 bits per heavy atom. The molecule has 6 heteroatoms. The van der Waals surface area contributed by atoms with Crippen molar-refractivity contribution < 1.29 is 24.8 Å². The van der Waals surface area contributed by atoms with Crippen LogP contribution in [0.3, 0.4) is 0 Å². The summed E-state index contributed by atoms with van der Waals surface area (Å²) < 4.78 is 10.8. The standard InChI is InChI=1S/C13H19NO5/c14-10-11(16)9(6-15)19-13(12(10)17)18-7-8-4-2-1-3-5-8/h1-5,9-13,15-17H,6-7,14H2/t9-,10-,11-,12+,13+/m1/s1. The molecule has 1 aromatic rings. The van der Waals surface area contributed by atoms with Crippen molar-refractivity contribution in [3.05, 3.63) is 35.9 Å². The van der Waals surface area contributed by atoms with E-state index in [0.29, 0.717) is 0 Å². The first-order valence-corrected chi connectivity index (χ1v) is 6.17. The molecule has 1 heterocycles. The van der Waals surface area contributed by atoms with Crippen LogP contribution in [-0.2, 0) is 16.1 Å². The first kappa shape index (κ1) is 14.4. The summed E-state index contributed by atoms with van der Waals surface area (Å²) in [5.41, 5.74) is 6.61. The van der Waals surface area contributed by atoms with E-state index < -0.39 is 30.6 Å². The van der Waals surface area contributed by atoms with Gasteiger partial charge in [-0.2, -0.15) is 0 Å². The summed E-state index contributed by atoms with van der Waals surface area (Å²) in [5, 5.41) is 28.7. The molecule has 19 heavy (non-hydrogen) atoms. The number of benzene rings is 1. The summed E-state index contributed by atoms with van der Waals surface area (Å²) in [5.74, 6) is 0. The van der Waals surface area contributed by atoms with Crippen molar-refractivity contribution in [2.45, 2.75) is 37.3 Å². The lowest BCUT2D eigenvalue weighted by molar-refractivity contribution is -0.279. The topological polar surface area (TPSA) is 105 Å². The van der Waals surface area contributed by atoms with Crippen LogP contribution in [0.15, 0.2) is 30.3 Å². The van der Waals surface area contributed by atoms with Crippen LogP contribution in [0.5, 0.6) is 0 Å². The zero-order valence-electron chi connectivity index (χ0n) is 10.4. The molecule has 1 aromatic carbocycles. The molecular formula is C13H19NO5. The molecule has 0 amide bonds. The maximum atomic E-state index is 9.88. The molecule has 106 valence electrons. The number of hydrogen-bond acceptors (Lipinski definition) is 6. The molecule has 1 saturated heterocycles. The SMILES string of the molecule is N[C@H]1[C@H](O)[C@@H](OCc2ccccc2)O[C@H](CO)[C@H]1O. The zero-order chi connectivity index (χ0) is 13.8. The maximum absolute atomic E-state index is 9.88. The van der Waals surface area contributed by atoms with Gasteiger partial charge in [0.1, 0.15) is 18.3 Å². The molecule has 0 unspecified atom stereocenters. The highest BCUT2D eigenvalue weighted by Gasteiger charge is 2.42. The van der Waals surface area contributed by atoms with Gasteiger partial charge in [0.15, 0.2) is 6.29 Å². The van der Waals surface area contributed by atoms with E-state index in [0.717, 1.165) is 5.56 Å². The van der Waals surface area contributed by atoms with Gasteiger partial charge in [0.2, 0.25) is 0 Å². The summed E-state index contributed by atoms with van der Waals surface area (Å²) in [4.78, 5) is 0. The van der Waals surface area contributed by atoms with Crippen molar-refractivity contribution in [2.24, 2.45) is 5.73 Å². The normalized spacial score (nSPS) is 35.3. The summed E-state index contributed by atoms with van der Waals surface area (Å²) in [7, 11) is 0. The second-order valence-electron chi connectivity index (χ2n) is 4.58. The fourth-order valence-corrected chi connectivity index (χ4v) is 2.01. The second-order valence-corrected chi connectivity index (χ2v) is 4.58. The number of ether oxygens (including phenoxy) is 2. The predicted octanol–water partition coefficient (Wildman–Crippen LogP) is -1.03. The molecule has 0 saturated carbocycles. The number of nitrogens with two attached hydrogens (primary N) is 1. The zero-order valence-corrected chi connectivity index (χ0v) is 10.4. The quantitative estimate of drug-likeness (QED) is 0.557. The van der Waals surface area contributed by atoms with Crippen LogP contribution in [0.1, 0.15) is 5.56 Å². The molecule has 5 atom stereocenters. The molecule has 0 bridgehead atoms. The van der Waals surface area contributed by atoms with Gasteiger partial charge < -0.3 is 30.5 Å². The number of hydrogen-bond donors (Lipinski definition) is 4. The van der Waals surface area contributed by atoms with Crippen LogP contribution >= 0.6 is 0 Å². The molecular weight excluding hydrogens is 250 g/mol. The van der Waals surface area contributed by atoms with Gasteiger partial charge in [-0.05, 0) is 5.56 Å². The van der Waals surface area contributed by atoms with Gasteiger partial charge >= 0.3 is 0 Å². The van der Waals surface area contributed by atoms with Crippen LogP contribution in [0.2, 0.25) is 0 Å². The molecule has 1 aliphatic rings. The third-order valence-corrected chi connectivity index (χ3v) is 3.19. The minimum Gasteiger partial charge on any atom is -0.394 e. The van der Waals surface area contributed by atoms with Crippen LogP contribution in [-0.4, -0.2) is 52.6 Å². The Labute approximate surface area is 111 Å². The average molecular weight is 269 g/mol. The van der Waals surface area contributed by atoms with Gasteiger partial charge in [0.05, 0.1) is 19.3 Å².